The van der Waals surface area contributed by atoms with E-state index in [2.05, 4.69) is 17.0 Å². The summed E-state index contributed by atoms with van der Waals surface area (Å²) in [6.07, 6.45) is -0.121. The monoisotopic (exact) mass is 289 g/mol. The van der Waals surface area contributed by atoms with Gasteiger partial charge in [-0.3, -0.25) is 0 Å². The molecule has 2 rings (SSSR count). The summed E-state index contributed by atoms with van der Waals surface area (Å²) >= 11 is 6.32. The summed E-state index contributed by atoms with van der Waals surface area (Å²) in [5.41, 5.74) is 2.14. The van der Waals surface area contributed by atoms with Gasteiger partial charge in [0.15, 0.2) is 0 Å². The number of rotatable bonds is 6. The van der Waals surface area contributed by atoms with Crippen molar-refractivity contribution in [2.45, 2.75) is 6.10 Å². The van der Waals surface area contributed by atoms with E-state index >= 15 is 0 Å². The Morgan fingerprint density at radius 1 is 1.00 bits per heavy atom. The molecule has 3 heteroatoms. The molecular formula is C17H20ClNO. The highest BCUT2D eigenvalue weighted by atomic mass is 35.5. The molecular weight excluding hydrogens is 270 g/mol. The van der Waals surface area contributed by atoms with Crippen molar-refractivity contribution in [3.63, 3.8) is 0 Å². The van der Waals surface area contributed by atoms with E-state index < -0.39 is 0 Å². The SMILES string of the molecule is CN(C)CCO[C@H](c1ccccc1)c1ccccc1Cl. The van der Waals surface area contributed by atoms with Gasteiger partial charge < -0.3 is 9.64 Å². The molecule has 0 heterocycles. The summed E-state index contributed by atoms with van der Waals surface area (Å²) in [5, 5.41) is 0.742. The van der Waals surface area contributed by atoms with Gasteiger partial charge in [0, 0.05) is 17.1 Å². The van der Waals surface area contributed by atoms with Crippen LogP contribution in [0.15, 0.2) is 54.6 Å². The van der Waals surface area contributed by atoms with E-state index in [9.17, 15) is 0 Å². The molecule has 0 aliphatic rings. The maximum Gasteiger partial charge on any atom is 0.109 e. The zero-order chi connectivity index (χ0) is 14.4. The molecule has 0 N–H and O–H groups in total. The van der Waals surface area contributed by atoms with Crippen LogP contribution >= 0.6 is 11.6 Å². The fourth-order valence-electron chi connectivity index (χ4n) is 2.03. The molecule has 0 saturated carbocycles. The predicted molar refractivity (Wildman–Crippen MR) is 84.2 cm³/mol. The number of benzene rings is 2. The summed E-state index contributed by atoms with van der Waals surface area (Å²) in [7, 11) is 4.08. The molecule has 0 aromatic heterocycles. The Hall–Kier alpha value is -1.35. The fourth-order valence-corrected chi connectivity index (χ4v) is 2.27. The number of hydrogen-bond acceptors (Lipinski definition) is 2. The molecule has 2 aromatic rings. The van der Waals surface area contributed by atoms with E-state index in [1.54, 1.807) is 0 Å². The van der Waals surface area contributed by atoms with Gasteiger partial charge in [0.1, 0.15) is 6.10 Å². The Kier molecular flexibility index (Phi) is 5.60. The molecule has 106 valence electrons. The molecule has 0 radical (unpaired) electrons. The Labute approximate surface area is 125 Å². The zero-order valence-corrected chi connectivity index (χ0v) is 12.7. The van der Waals surface area contributed by atoms with Crippen molar-refractivity contribution in [2.75, 3.05) is 27.2 Å². The molecule has 0 saturated heterocycles. The highest BCUT2D eigenvalue weighted by Crippen LogP contribution is 2.31. The molecule has 0 aliphatic heterocycles. The molecule has 0 fully saturated rings. The first-order valence-electron chi connectivity index (χ1n) is 6.74. The zero-order valence-electron chi connectivity index (χ0n) is 11.9. The van der Waals surface area contributed by atoms with Gasteiger partial charge in [0.2, 0.25) is 0 Å². The quantitative estimate of drug-likeness (QED) is 0.797. The first kappa shape index (κ1) is 15.0. The van der Waals surface area contributed by atoms with Crippen molar-refractivity contribution in [1.82, 2.24) is 4.90 Å². The van der Waals surface area contributed by atoms with Gasteiger partial charge in [-0.1, -0.05) is 60.1 Å². The van der Waals surface area contributed by atoms with Crippen LogP contribution in [0.4, 0.5) is 0 Å². The number of hydrogen-bond donors (Lipinski definition) is 0. The second kappa shape index (κ2) is 7.44. The van der Waals surface area contributed by atoms with E-state index in [-0.39, 0.29) is 6.10 Å². The van der Waals surface area contributed by atoms with Crippen LogP contribution in [0.3, 0.4) is 0 Å². The number of halogens is 1. The van der Waals surface area contributed by atoms with Crippen LogP contribution in [-0.4, -0.2) is 32.1 Å². The molecule has 20 heavy (non-hydrogen) atoms. The Bertz CT molecular complexity index is 528. The maximum absolute atomic E-state index is 6.32. The number of ether oxygens (including phenoxy) is 1. The summed E-state index contributed by atoms with van der Waals surface area (Å²) in [6, 6.07) is 18.1. The second-order valence-electron chi connectivity index (χ2n) is 4.99. The predicted octanol–water partition coefficient (Wildman–Crippen LogP) is 4.01. The van der Waals surface area contributed by atoms with E-state index in [0.717, 1.165) is 22.7 Å². The molecule has 0 aliphatic carbocycles. The highest BCUT2D eigenvalue weighted by molar-refractivity contribution is 6.31. The van der Waals surface area contributed by atoms with Crippen LogP contribution in [0.5, 0.6) is 0 Å². The number of nitrogens with zero attached hydrogens (tertiary/aromatic N) is 1. The normalized spacial score (nSPS) is 12.6. The summed E-state index contributed by atoms with van der Waals surface area (Å²) in [6.45, 7) is 1.55. The summed E-state index contributed by atoms with van der Waals surface area (Å²) < 4.78 is 6.08. The number of likely N-dealkylation sites (N-methyl/N-ethyl adjacent to an activating group) is 1. The van der Waals surface area contributed by atoms with Crippen molar-refractivity contribution < 1.29 is 4.74 Å². The minimum atomic E-state index is -0.121. The van der Waals surface area contributed by atoms with Gasteiger partial charge in [-0.25, -0.2) is 0 Å². The summed E-state index contributed by atoms with van der Waals surface area (Å²) in [5.74, 6) is 0. The van der Waals surface area contributed by atoms with Crippen LogP contribution in [-0.2, 0) is 4.74 Å². The van der Waals surface area contributed by atoms with Gasteiger partial charge in [0.05, 0.1) is 6.61 Å². The van der Waals surface area contributed by atoms with Crippen molar-refractivity contribution in [1.29, 1.82) is 0 Å². The lowest BCUT2D eigenvalue weighted by Gasteiger charge is -2.21. The van der Waals surface area contributed by atoms with Gasteiger partial charge >= 0.3 is 0 Å². The van der Waals surface area contributed by atoms with Crippen LogP contribution in [0, 0.1) is 0 Å². The molecule has 2 aromatic carbocycles. The van der Waals surface area contributed by atoms with E-state index in [0.29, 0.717) is 6.61 Å². The lowest BCUT2D eigenvalue weighted by molar-refractivity contribution is 0.0688. The van der Waals surface area contributed by atoms with Gasteiger partial charge in [-0.05, 0) is 25.7 Å². The summed E-state index contributed by atoms with van der Waals surface area (Å²) in [4.78, 5) is 2.11. The van der Waals surface area contributed by atoms with Crippen molar-refractivity contribution in [3.05, 3.63) is 70.7 Å². The molecule has 0 unspecified atom stereocenters. The average molecular weight is 290 g/mol. The molecule has 1 atom stereocenters. The van der Waals surface area contributed by atoms with E-state index in [1.165, 1.54) is 0 Å². The van der Waals surface area contributed by atoms with Crippen LogP contribution in [0.2, 0.25) is 5.02 Å². The lowest BCUT2D eigenvalue weighted by Crippen LogP contribution is -2.20. The Morgan fingerprint density at radius 3 is 2.30 bits per heavy atom. The Balaban J connectivity index is 2.23. The average Bonchev–Trinajstić information content (AvgIpc) is 2.45. The van der Waals surface area contributed by atoms with Crippen molar-refractivity contribution >= 4 is 11.6 Å². The van der Waals surface area contributed by atoms with Gasteiger partial charge in [-0.2, -0.15) is 0 Å². The second-order valence-corrected chi connectivity index (χ2v) is 5.39. The first-order valence-corrected chi connectivity index (χ1v) is 7.12. The van der Waals surface area contributed by atoms with Gasteiger partial charge in [-0.15, -0.1) is 0 Å². The largest absolute Gasteiger partial charge is 0.367 e. The van der Waals surface area contributed by atoms with Crippen molar-refractivity contribution in [2.24, 2.45) is 0 Å². The topological polar surface area (TPSA) is 12.5 Å². The van der Waals surface area contributed by atoms with Crippen LogP contribution in [0.25, 0.3) is 0 Å². The maximum atomic E-state index is 6.32. The smallest absolute Gasteiger partial charge is 0.109 e. The first-order chi connectivity index (χ1) is 9.68. The minimum absolute atomic E-state index is 0.121. The molecule has 0 spiro atoms. The molecule has 2 nitrogen and oxygen atoms in total. The fraction of sp³-hybridized carbons (Fsp3) is 0.294. The lowest BCUT2D eigenvalue weighted by atomic mass is 10.0. The minimum Gasteiger partial charge on any atom is -0.367 e. The van der Waals surface area contributed by atoms with Gasteiger partial charge in [0.25, 0.3) is 0 Å². The third-order valence-corrected chi connectivity index (χ3v) is 3.46. The van der Waals surface area contributed by atoms with Crippen molar-refractivity contribution in [3.8, 4) is 0 Å². The third-order valence-electron chi connectivity index (χ3n) is 3.11. The Morgan fingerprint density at radius 2 is 1.65 bits per heavy atom. The van der Waals surface area contributed by atoms with Crippen LogP contribution < -0.4 is 0 Å². The molecule has 0 bridgehead atoms. The standard InChI is InChI=1S/C17H20ClNO/c1-19(2)12-13-20-17(14-8-4-3-5-9-14)15-10-6-7-11-16(15)18/h3-11,17H,12-13H2,1-2H3/t17-/m1/s1. The molecule has 0 amide bonds. The van der Waals surface area contributed by atoms with Crippen LogP contribution in [0.1, 0.15) is 17.2 Å². The third kappa shape index (κ3) is 4.07. The highest BCUT2D eigenvalue weighted by Gasteiger charge is 2.17. The van der Waals surface area contributed by atoms with E-state index in [4.69, 9.17) is 16.3 Å². The van der Waals surface area contributed by atoms with E-state index in [1.807, 2.05) is 56.6 Å².